The number of aromatic amines is 3. The summed E-state index contributed by atoms with van der Waals surface area (Å²) < 4.78 is 68.2. The number of nitrogens with zero attached hydrogens (tertiary/aromatic N) is 7. The lowest BCUT2D eigenvalue weighted by Crippen LogP contribution is -2.33. The van der Waals surface area contributed by atoms with E-state index in [4.69, 9.17) is 76.4 Å². The fraction of sp³-hybridized carbons (Fsp3) is 0.562. The van der Waals surface area contributed by atoms with Crippen LogP contribution in [0.1, 0.15) is 50.4 Å². The minimum atomic E-state index is -4.68. The summed E-state index contributed by atoms with van der Waals surface area (Å²) in [6, 6.07) is 0. The number of hydrogen-bond acceptors (Lipinski definition) is 23. The smallest absolute Gasteiger partial charge is 0.394 e. The van der Waals surface area contributed by atoms with Crippen LogP contribution in [0.4, 0.5) is 11.9 Å². The number of phosphoric acid groups is 1. The molecule has 366 valence electrons. The molecule has 5 aromatic heterocycles. The second-order valence-electron chi connectivity index (χ2n) is 15.2. The molecule has 0 saturated carbocycles. The summed E-state index contributed by atoms with van der Waals surface area (Å²) >= 11 is 10.8. The fourth-order valence-corrected chi connectivity index (χ4v) is 11.5. The van der Waals surface area contributed by atoms with Crippen LogP contribution in [0.3, 0.4) is 0 Å². The summed E-state index contributed by atoms with van der Waals surface area (Å²) in [5, 5.41) is 10.2. The van der Waals surface area contributed by atoms with Gasteiger partial charge < -0.3 is 63.6 Å². The number of aliphatic hydroxyl groups excluding tert-OH is 1. The van der Waals surface area contributed by atoms with Crippen LogP contribution in [0.2, 0.25) is 0 Å². The Morgan fingerprint density at radius 3 is 1.64 bits per heavy atom. The minimum Gasteiger partial charge on any atom is -0.394 e. The van der Waals surface area contributed by atoms with Crippen molar-refractivity contribution in [3.63, 3.8) is 0 Å². The number of aryl methyl sites for hydroxylation is 1. The van der Waals surface area contributed by atoms with E-state index >= 15 is 0 Å². The van der Waals surface area contributed by atoms with Gasteiger partial charge in [0.1, 0.15) is 43.1 Å². The third-order valence-corrected chi connectivity index (χ3v) is 14.9. The molecule has 0 spiro atoms. The van der Waals surface area contributed by atoms with Gasteiger partial charge >= 0.3 is 26.9 Å². The molecule has 0 radical (unpaired) electrons. The molecule has 12 atom stereocenters. The van der Waals surface area contributed by atoms with Crippen LogP contribution in [0.15, 0.2) is 38.0 Å². The van der Waals surface area contributed by atoms with E-state index in [0.29, 0.717) is 0 Å². The van der Waals surface area contributed by atoms with Gasteiger partial charge in [0.05, 0.1) is 51.3 Å². The quantitative estimate of drug-likeness (QED) is 0.0470. The van der Waals surface area contributed by atoms with Gasteiger partial charge in [-0.1, -0.05) is 0 Å². The van der Waals surface area contributed by atoms with Gasteiger partial charge in [0.15, 0.2) is 22.3 Å². The molecular weight excluding hydrogens is 997 g/mol. The number of fused-ring (bicyclic) bond motifs is 2. The number of aliphatic hydroxyl groups is 1. The maximum Gasteiger partial charge on any atom is 0.472 e. The molecule has 30 nitrogen and oxygen atoms in total. The standard InChI is InChI=1S/C32H43N12O18P3S2/c1-3-54-63(50,51)60-15-5-20(42-7-13(2)27(46)41-32(42)49)58-18(15)9-55-65(53,67)62-16-6-22(44-12-36-24-26(44)38-31(34)40-29(24)48)59-19(16)10-56-64(52,66)61-14-4-21(57-17(14)8-45)43-11-35-23-25(43)37-30(33)39-28(23)47/h7,11-12,14-22,45H,3-6,8-10H2,1-2H3,(H,50,51)(H,52,66)(H,53,67)(H,41,46,49)(H3,33,37,39,47)(H3,34,38,40,48)/t14-,15?,16-,17-,18-,19-,20-,21-,22-,64?,65?/m1/s1. The molecule has 0 aliphatic carbocycles. The highest BCUT2D eigenvalue weighted by Crippen LogP contribution is 2.53. The number of aromatic nitrogens is 10. The number of rotatable bonds is 18. The predicted octanol–water partition coefficient (Wildman–Crippen LogP) is -1.11. The molecule has 8 rings (SSSR count). The molecular formula is C32H43N12O18P3S2. The fourth-order valence-electron chi connectivity index (χ4n) is 7.62. The lowest BCUT2D eigenvalue weighted by molar-refractivity contribution is -0.0543. The van der Waals surface area contributed by atoms with Gasteiger partial charge in [0, 0.05) is 31.0 Å². The second-order valence-corrected chi connectivity index (χ2v) is 22.1. The highest BCUT2D eigenvalue weighted by atomic mass is 32.5. The van der Waals surface area contributed by atoms with Gasteiger partial charge in [-0.15, -0.1) is 0 Å². The van der Waals surface area contributed by atoms with Gasteiger partial charge in [-0.25, -0.2) is 19.3 Å². The normalized spacial score (nSPS) is 28.2. The molecule has 35 heteroatoms. The summed E-state index contributed by atoms with van der Waals surface area (Å²) in [5.41, 5.74) is 8.99. The van der Waals surface area contributed by atoms with Crippen molar-refractivity contribution >= 4 is 79.1 Å². The van der Waals surface area contributed by atoms with E-state index in [0.717, 1.165) is 4.57 Å². The van der Waals surface area contributed by atoms with Crippen molar-refractivity contribution in [3.8, 4) is 0 Å². The Kier molecular flexibility index (Phi) is 14.3. The molecule has 11 N–H and O–H groups in total. The summed E-state index contributed by atoms with van der Waals surface area (Å²) in [5.74, 6) is -0.402. The largest absolute Gasteiger partial charge is 0.472 e. The first-order valence-electron chi connectivity index (χ1n) is 19.9. The molecule has 0 amide bonds. The topological polar surface area (TPSA) is 415 Å². The van der Waals surface area contributed by atoms with Crippen molar-refractivity contribution in [1.82, 2.24) is 48.6 Å². The van der Waals surface area contributed by atoms with E-state index < -0.39 is 119 Å². The van der Waals surface area contributed by atoms with Crippen LogP contribution in [0.25, 0.3) is 22.3 Å². The van der Waals surface area contributed by atoms with E-state index in [2.05, 4.69) is 34.9 Å². The number of hydrogen-bond donors (Lipinski definition) is 9. The zero-order valence-electron chi connectivity index (χ0n) is 34.8. The van der Waals surface area contributed by atoms with Crippen LogP contribution in [0, 0.1) is 6.92 Å². The Morgan fingerprint density at radius 2 is 1.16 bits per heavy atom. The van der Waals surface area contributed by atoms with Crippen molar-refractivity contribution in [2.24, 2.45) is 0 Å². The lowest BCUT2D eigenvalue weighted by Gasteiger charge is -2.27. The van der Waals surface area contributed by atoms with Crippen LogP contribution < -0.4 is 33.8 Å². The Hall–Kier alpha value is -4.01. The van der Waals surface area contributed by atoms with Crippen molar-refractivity contribution in [1.29, 1.82) is 0 Å². The summed E-state index contributed by atoms with van der Waals surface area (Å²) in [6.07, 6.45) is -6.92. The molecule has 3 aliphatic rings. The van der Waals surface area contributed by atoms with E-state index in [9.17, 15) is 43.5 Å². The highest BCUT2D eigenvalue weighted by molar-refractivity contribution is 8.07. The van der Waals surface area contributed by atoms with Crippen molar-refractivity contribution < 1.29 is 65.7 Å². The van der Waals surface area contributed by atoms with Gasteiger partial charge in [-0.2, -0.15) is 9.97 Å². The molecule has 0 bridgehead atoms. The SMILES string of the molecule is CCOP(=O)(O)OC1C[C@H](n2cc(C)c(=O)[nH]c2=O)O[C@@H]1COP(O)(=S)O[C@@H]1C[C@H](n2cnc3c(=O)[nH]c(N)nc32)O[C@@H]1COP(O)(=S)O[C@@H]1C[C@H](n2cnc3c(=O)[nH]c(N)nc32)O[C@@H]1CO. The van der Waals surface area contributed by atoms with Crippen LogP contribution >= 0.6 is 21.3 Å². The molecule has 8 heterocycles. The Labute approximate surface area is 384 Å². The first-order valence-corrected chi connectivity index (χ1v) is 26.6. The number of nitrogens with one attached hydrogen (secondary N) is 3. The number of phosphoric ester groups is 1. The maximum absolute atomic E-state index is 12.7. The van der Waals surface area contributed by atoms with Crippen LogP contribution in [-0.4, -0.2) is 131 Å². The number of H-pyrrole nitrogens is 3. The predicted molar refractivity (Wildman–Crippen MR) is 235 cm³/mol. The molecule has 3 aliphatic heterocycles. The van der Waals surface area contributed by atoms with Crippen LogP contribution in [0.5, 0.6) is 0 Å². The Bertz CT molecular complexity index is 3060. The van der Waals surface area contributed by atoms with Crippen molar-refractivity contribution in [3.05, 3.63) is 66.0 Å². The van der Waals surface area contributed by atoms with E-state index in [1.807, 2.05) is 0 Å². The number of anilines is 2. The number of nitrogen functional groups attached to an aromatic ring is 2. The van der Waals surface area contributed by atoms with Crippen molar-refractivity contribution in [2.75, 3.05) is 37.9 Å². The van der Waals surface area contributed by atoms with E-state index in [1.165, 1.54) is 41.8 Å². The summed E-state index contributed by atoms with van der Waals surface area (Å²) in [6.45, 7) is -7.73. The molecule has 3 saturated heterocycles. The minimum absolute atomic E-state index is 0.0184. The van der Waals surface area contributed by atoms with E-state index in [1.54, 1.807) is 0 Å². The summed E-state index contributed by atoms with van der Waals surface area (Å²) in [4.78, 5) is 106. The third-order valence-electron chi connectivity index (χ3n) is 10.6. The first kappa shape index (κ1) is 49.4. The molecule has 4 unspecified atom stereocenters. The average Bonchev–Trinajstić information content (AvgIpc) is 4.08. The van der Waals surface area contributed by atoms with Gasteiger partial charge in [-0.3, -0.25) is 52.1 Å². The monoisotopic (exact) mass is 1040 g/mol. The maximum atomic E-state index is 12.7. The second kappa shape index (κ2) is 19.4. The molecule has 67 heavy (non-hydrogen) atoms. The zero-order chi connectivity index (χ0) is 48.2. The molecule has 3 fully saturated rings. The van der Waals surface area contributed by atoms with E-state index in [-0.39, 0.29) is 65.7 Å². The van der Waals surface area contributed by atoms with Gasteiger partial charge in [0.2, 0.25) is 11.9 Å². The van der Waals surface area contributed by atoms with Gasteiger partial charge in [0.25, 0.3) is 16.7 Å². The van der Waals surface area contributed by atoms with Crippen molar-refractivity contribution in [2.45, 2.75) is 88.4 Å². The average molecular weight is 1040 g/mol. The first-order chi connectivity index (χ1) is 31.6. The number of imidazole rings is 2. The number of ether oxygens (including phenoxy) is 3. The Balaban J connectivity index is 0.989. The zero-order valence-corrected chi connectivity index (χ0v) is 39.1. The van der Waals surface area contributed by atoms with Gasteiger partial charge in [-0.05, 0) is 37.5 Å². The van der Waals surface area contributed by atoms with Crippen LogP contribution in [-0.2, 0) is 69.5 Å². The molecule has 0 aromatic carbocycles. The number of nitrogens with two attached hydrogens (primary N) is 2. The molecule has 5 aromatic rings. The Morgan fingerprint density at radius 1 is 0.716 bits per heavy atom. The lowest BCUT2D eigenvalue weighted by atomic mass is 10.2. The highest BCUT2D eigenvalue weighted by Gasteiger charge is 2.46. The third kappa shape index (κ3) is 10.9. The summed E-state index contributed by atoms with van der Waals surface area (Å²) in [7, 11) is -4.68.